The van der Waals surface area contributed by atoms with E-state index in [4.69, 9.17) is 5.73 Å². The molecule has 0 bridgehead atoms. The van der Waals surface area contributed by atoms with Gasteiger partial charge in [-0.25, -0.2) is 0 Å². The van der Waals surface area contributed by atoms with Gasteiger partial charge in [0.25, 0.3) is 0 Å². The number of anilines is 1. The van der Waals surface area contributed by atoms with E-state index in [-0.39, 0.29) is 11.8 Å². The lowest BCUT2D eigenvalue weighted by Gasteiger charge is -2.19. The first kappa shape index (κ1) is 17.0. The first-order chi connectivity index (χ1) is 11.0. The van der Waals surface area contributed by atoms with E-state index < -0.39 is 6.10 Å². The molecule has 2 unspecified atom stereocenters. The van der Waals surface area contributed by atoms with E-state index in [2.05, 4.69) is 5.32 Å². The van der Waals surface area contributed by atoms with E-state index in [1.807, 2.05) is 42.5 Å². The van der Waals surface area contributed by atoms with Gasteiger partial charge >= 0.3 is 0 Å². The summed E-state index contributed by atoms with van der Waals surface area (Å²) in [5, 5.41) is 12.7. The van der Waals surface area contributed by atoms with Gasteiger partial charge in [0.2, 0.25) is 5.91 Å². The van der Waals surface area contributed by atoms with Gasteiger partial charge in [-0.1, -0.05) is 42.5 Å². The average molecular weight is 312 g/mol. The molecular formula is C19H24N2O2. The van der Waals surface area contributed by atoms with Crippen molar-refractivity contribution in [1.29, 1.82) is 0 Å². The second kappa shape index (κ2) is 8.34. The topological polar surface area (TPSA) is 75.3 Å². The largest absolute Gasteiger partial charge is 0.399 e. The van der Waals surface area contributed by atoms with Gasteiger partial charge in [0.1, 0.15) is 0 Å². The third-order valence-corrected chi connectivity index (χ3v) is 3.79. The van der Waals surface area contributed by atoms with Crippen molar-refractivity contribution >= 4 is 11.6 Å². The standard InChI is InChI=1S/C19H24N2O2/c1-14(22)11-17(16-5-3-2-4-6-16)13-21-19(23)12-15-7-9-18(20)10-8-15/h2-10,14,17,22H,11-13,20H2,1H3,(H,21,23). The third kappa shape index (κ3) is 5.75. The van der Waals surface area contributed by atoms with Crippen LogP contribution in [-0.4, -0.2) is 23.7 Å². The Hall–Kier alpha value is -2.33. The van der Waals surface area contributed by atoms with Gasteiger partial charge in [0, 0.05) is 18.2 Å². The molecule has 0 aromatic heterocycles. The van der Waals surface area contributed by atoms with Gasteiger partial charge in [-0.05, 0) is 36.6 Å². The fraction of sp³-hybridized carbons (Fsp3) is 0.316. The Labute approximate surface area is 137 Å². The van der Waals surface area contributed by atoms with Crippen LogP contribution in [-0.2, 0) is 11.2 Å². The number of nitrogens with two attached hydrogens (primary N) is 1. The van der Waals surface area contributed by atoms with E-state index in [0.717, 1.165) is 11.1 Å². The van der Waals surface area contributed by atoms with Crippen LogP contribution < -0.4 is 11.1 Å². The zero-order valence-corrected chi connectivity index (χ0v) is 13.4. The van der Waals surface area contributed by atoms with Gasteiger partial charge in [-0.2, -0.15) is 0 Å². The normalized spacial score (nSPS) is 13.3. The van der Waals surface area contributed by atoms with Gasteiger partial charge < -0.3 is 16.2 Å². The molecule has 4 N–H and O–H groups in total. The van der Waals surface area contributed by atoms with Gasteiger partial charge in [-0.15, -0.1) is 0 Å². The number of rotatable bonds is 7. The Morgan fingerprint density at radius 2 is 1.78 bits per heavy atom. The number of hydrogen-bond donors (Lipinski definition) is 3. The van der Waals surface area contributed by atoms with Gasteiger partial charge in [-0.3, -0.25) is 4.79 Å². The van der Waals surface area contributed by atoms with Crippen LogP contribution in [0.1, 0.15) is 30.4 Å². The summed E-state index contributed by atoms with van der Waals surface area (Å²) < 4.78 is 0. The molecule has 2 aromatic rings. The number of aliphatic hydroxyl groups excluding tert-OH is 1. The molecule has 0 fully saturated rings. The molecular weight excluding hydrogens is 288 g/mol. The molecule has 2 aromatic carbocycles. The maximum atomic E-state index is 12.1. The van der Waals surface area contributed by atoms with Crippen molar-refractivity contribution < 1.29 is 9.90 Å². The predicted molar refractivity (Wildman–Crippen MR) is 93.0 cm³/mol. The Morgan fingerprint density at radius 1 is 1.13 bits per heavy atom. The Kier molecular flexibility index (Phi) is 6.18. The minimum absolute atomic E-state index is 0.0266. The molecule has 4 heteroatoms. The van der Waals surface area contributed by atoms with Crippen molar-refractivity contribution in [2.24, 2.45) is 0 Å². The lowest BCUT2D eigenvalue weighted by Crippen LogP contribution is -2.30. The predicted octanol–water partition coefficient (Wildman–Crippen LogP) is 2.48. The number of carbonyl (C=O) groups is 1. The van der Waals surface area contributed by atoms with Crippen LogP contribution in [0.2, 0.25) is 0 Å². The fourth-order valence-corrected chi connectivity index (χ4v) is 2.59. The number of benzene rings is 2. The molecule has 2 rings (SSSR count). The summed E-state index contributed by atoms with van der Waals surface area (Å²) in [6.45, 7) is 2.29. The van der Waals surface area contributed by atoms with Crippen molar-refractivity contribution in [2.75, 3.05) is 12.3 Å². The highest BCUT2D eigenvalue weighted by molar-refractivity contribution is 5.78. The molecule has 0 saturated heterocycles. The number of aliphatic hydroxyl groups is 1. The molecule has 0 radical (unpaired) electrons. The van der Waals surface area contributed by atoms with E-state index in [0.29, 0.717) is 25.1 Å². The maximum Gasteiger partial charge on any atom is 0.224 e. The fourth-order valence-electron chi connectivity index (χ4n) is 2.59. The van der Waals surface area contributed by atoms with E-state index >= 15 is 0 Å². The van der Waals surface area contributed by atoms with E-state index in [9.17, 15) is 9.90 Å². The van der Waals surface area contributed by atoms with E-state index in [1.54, 1.807) is 19.1 Å². The van der Waals surface area contributed by atoms with E-state index in [1.165, 1.54) is 0 Å². The van der Waals surface area contributed by atoms with Crippen LogP contribution in [0.15, 0.2) is 54.6 Å². The summed E-state index contributed by atoms with van der Waals surface area (Å²) in [6.07, 6.45) is 0.539. The summed E-state index contributed by atoms with van der Waals surface area (Å²) >= 11 is 0. The van der Waals surface area contributed by atoms with Crippen molar-refractivity contribution in [3.05, 3.63) is 65.7 Å². The van der Waals surface area contributed by atoms with Crippen molar-refractivity contribution in [3.8, 4) is 0 Å². The molecule has 4 nitrogen and oxygen atoms in total. The van der Waals surface area contributed by atoms with Crippen molar-refractivity contribution in [3.63, 3.8) is 0 Å². The van der Waals surface area contributed by atoms with Crippen LogP contribution >= 0.6 is 0 Å². The second-order valence-electron chi connectivity index (χ2n) is 5.91. The molecule has 0 aliphatic carbocycles. The Balaban J connectivity index is 1.92. The summed E-state index contributed by atoms with van der Waals surface area (Å²) in [5.74, 6) is 0.0767. The SMILES string of the molecule is CC(O)CC(CNC(=O)Cc1ccc(N)cc1)c1ccccc1. The lowest BCUT2D eigenvalue weighted by atomic mass is 9.93. The zero-order valence-electron chi connectivity index (χ0n) is 13.4. The van der Waals surface area contributed by atoms with Crippen LogP contribution in [0, 0.1) is 0 Å². The molecule has 1 amide bonds. The Morgan fingerprint density at radius 3 is 2.39 bits per heavy atom. The number of hydrogen-bond acceptors (Lipinski definition) is 3. The highest BCUT2D eigenvalue weighted by Gasteiger charge is 2.15. The lowest BCUT2D eigenvalue weighted by molar-refractivity contribution is -0.120. The quantitative estimate of drug-likeness (QED) is 0.688. The monoisotopic (exact) mass is 312 g/mol. The number of carbonyl (C=O) groups excluding carboxylic acids is 1. The average Bonchev–Trinajstić information content (AvgIpc) is 2.54. The van der Waals surface area contributed by atoms with Crippen LogP contribution in [0.3, 0.4) is 0 Å². The summed E-state index contributed by atoms with van der Waals surface area (Å²) in [4.78, 5) is 12.1. The van der Waals surface area contributed by atoms with Crippen LogP contribution in [0.25, 0.3) is 0 Å². The minimum Gasteiger partial charge on any atom is -0.399 e. The number of nitrogens with one attached hydrogen (secondary N) is 1. The summed E-state index contributed by atoms with van der Waals surface area (Å²) in [7, 11) is 0. The molecule has 0 spiro atoms. The summed E-state index contributed by atoms with van der Waals surface area (Å²) in [5.41, 5.74) is 8.39. The smallest absolute Gasteiger partial charge is 0.224 e. The van der Waals surface area contributed by atoms with Crippen molar-refractivity contribution in [2.45, 2.75) is 31.8 Å². The maximum absolute atomic E-state index is 12.1. The van der Waals surface area contributed by atoms with Crippen molar-refractivity contribution in [1.82, 2.24) is 5.32 Å². The molecule has 0 saturated carbocycles. The number of amides is 1. The molecule has 2 atom stereocenters. The first-order valence-corrected chi connectivity index (χ1v) is 7.88. The molecule has 23 heavy (non-hydrogen) atoms. The zero-order chi connectivity index (χ0) is 16.7. The van der Waals surface area contributed by atoms with Gasteiger partial charge in [0.05, 0.1) is 12.5 Å². The highest BCUT2D eigenvalue weighted by atomic mass is 16.3. The molecule has 0 aliphatic heterocycles. The molecule has 122 valence electrons. The minimum atomic E-state index is -0.408. The third-order valence-electron chi connectivity index (χ3n) is 3.79. The number of nitrogen functional groups attached to an aromatic ring is 1. The second-order valence-corrected chi connectivity index (χ2v) is 5.91. The van der Waals surface area contributed by atoms with Crippen LogP contribution in [0.4, 0.5) is 5.69 Å². The molecule has 0 aliphatic rings. The first-order valence-electron chi connectivity index (χ1n) is 7.88. The molecule has 0 heterocycles. The van der Waals surface area contributed by atoms with Gasteiger partial charge in [0.15, 0.2) is 0 Å². The summed E-state index contributed by atoms with van der Waals surface area (Å²) in [6, 6.07) is 17.3. The Bertz CT molecular complexity index is 609. The highest BCUT2D eigenvalue weighted by Crippen LogP contribution is 2.20. The van der Waals surface area contributed by atoms with Crippen LogP contribution in [0.5, 0.6) is 0 Å².